The van der Waals surface area contributed by atoms with Crippen molar-refractivity contribution in [3.8, 4) is 16.8 Å². The zero-order valence-corrected chi connectivity index (χ0v) is 18.5. The summed E-state index contributed by atoms with van der Waals surface area (Å²) < 4.78 is 68.9. The van der Waals surface area contributed by atoms with E-state index in [0.717, 1.165) is 23.7 Å². The third kappa shape index (κ3) is 4.75. The first-order chi connectivity index (χ1) is 15.3. The minimum atomic E-state index is -9.76. The molecule has 1 aliphatic rings. The van der Waals surface area contributed by atoms with Gasteiger partial charge in [0.1, 0.15) is 17.2 Å². The second-order valence-electron chi connectivity index (χ2n) is 7.62. The molecule has 0 atom stereocenters. The summed E-state index contributed by atoms with van der Waals surface area (Å²) in [6, 6.07) is 8.22. The first-order valence-electron chi connectivity index (χ1n) is 9.62. The summed E-state index contributed by atoms with van der Waals surface area (Å²) in [7, 11) is -9.76. The Morgan fingerprint density at radius 2 is 1.70 bits per heavy atom. The number of piperidine rings is 1. The van der Waals surface area contributed by atoms with E-state index in [1.807, 2.05) is 4.90 Å². The largest absolute Gasteiger partial charge is 0.388 e. The van der Waals surface area contributed by atoms with E-state index in [9.17, 15) is 24.7 Å². The van der Waals surface area contributed by atoms with Gasteiger partial charge in [0, 0.05) is 13.1 Å². The van der Waals surface area contributed by atoms with Gasteiger partial charge >= 0.3 is 10.2 Å². The lowest BCUT2D eigenvalue weighted by molar-refractivity contribution is 0.273. The molecule has 1 saturated heterocycles. The summed E-state index contributed by atoms with van der Waals surface area (Å²) in [4.78, 5) is 4.04. The van der Waals surface area contributed by atoms with E-state index >= 15 is 0 Å². The Balaban J connectivity index is 1.48. The standard InChI is InChI=1S/C19H17F5N6OS2/c20-33(21,22,23,24)14-3-1-13(2-4-14)19(12-25)7-9-30(10-8-19)17-6-5-15(27-28-17)18-26-16(11-31)29-32-18/h1-6,31H,7-11H2. The SMILES string of the molecule is N#CC1(c2ccc(S(F)(F)(F)(F)F)cc2)CCN(c2ccc(-c3nc(CO)ns3)nn2)CC1. The average molecular weight is 505 g/mol. The predicted octanol–water partition coefficient (Wildman–Crippen LogP) is 5.21. The van der Waals surface area contributed by atoms with E-state index < -0.39 is 20.5 Å². The van der Waals surface area contributed by atoms with Crippen molar-refractivity contribution >= 4 is 27.6 Å². The number of hydrogen-bond donors (Lipinski definition) is 1. The van der Waals surface area contributed by atoms with Crippen LogP contribution in [0.25, 0.3) is 10.7 Å². The first-order valence-corrected chi connectivity index (χ1v) is 12.3. The van der Waals surface area contributed by atoms with Gasteiger partial charge < -0.3 is 10.0 Å². The number of nitrogens with zero attached hydrogens (tertiary/aromatic N) is 6. The Hall–Kier alpha value is -2.89. The summed E-state index contributed by atoms with van der Waals surface area (Å²) in [5, 5.41) is 27.7. The highest BCUT2D eigenvalue weighted by Gasteiger charge is 2.65. The van der Waals surface area contributed by atoms with Crippen molar-refractivity contribution < 1.29 is 24.5 Å². The van der Waals surface area contributed by atoms with Gasteiger partial charge in [-0.3, -0.25) is 0 Å². The summed E-state index contributed by atoms with van der Waals surface area (Å²) in [6.07, 6.45) is 0.553. The Morgan fingerprint density at radius 3 is 2.18 bits per heavy atom. The van der Waals surface area contributed by atoms with Crippen LogP contribution in [0.15, 0.2) is 41.3 Å². The number of rotatable bonds is 5. The van der Waals surface area contributed by atoms with Crippen molar-refractivity contribution in [1.82, 2.24) is 19.6 Å². The maximum absolute atomic E-state index is 13.0. The van der Waals surface area contributed by atoms with Crippen LogP contribution in [0.1, 0.15) is 24.2 Å². The molecule has 2 aromatic heterocycles. The molecule has 3 aromatic rings. The van der Waals surface area contributed by atoms with Crippen LogP contribution in [0, 0.1) is 11.3 Å². The van der Waals surface area contributed by atoms with Gasteiger partial charge in [-0.15, -0.1) is 10.2 Å². The van der Waals surface area contributed by atoms with Crippen LogP contribution < -0.4 is 4.90 Å². The monoisotopic (exact) mass is 504 g/mol. The second-order valence-corrected chi connectivity index (χ2v) is 10.8. The number of aliphatic hydroxyl groups excluding tert-OH is 1. The van der Waals surface area contributed by atoms with Crippen molar-refractivity contribution in [2.24, 2.45) is 0 Å². The Bertz CT molecular complexity index is 1200. The third-order valence-corrected chi connectivity index (χ3v) is 7.42. The zero-order valence-electron chi connectivity index (χ0n) is 16.8. The highest BCUT2D eigenvalue weighted by atomic mass is 32.5. The molecule has 0 radical (unpaired) electrons. The average Bonchev–Trinajstić information content (AvgIpc) is 3.27. The predicted molar refractivity (Wildman–Crippen MR) is 113 cm³/mol. The van der Waals surface area contributed by atoms with Gasteiger partial charge in [0.2, 0.25) is 0 Å². The van der Waals surface area contributed by atoms with Crippen LogP contribution in [0.4, 0.5) is 25.2 Å². The normalized spacial score (nSPS) is 18.3. The van der Waals surface area contributed by atoms with Crippen molar-refractivity contribution in [3.63, 3.8) is 0 Å². The molecule has 33 heavy (non-hydrogen) atoms. The number of aliphatic hydroxyl groups is 1. The Morgan fingerprint density at radius 1 is 1.03 bits per heavy atom. The maximum atomic E-state index is 13.0. The van der Waals surface area contributed by atoms with Crippen molar-refractivity contribution in [2.45, 2.75) is 29.8 Å². The molecule has 4 rings (SSSR count). The van der Waals surface area contributed by atoms with Gasteiger partial charge in [0.15, 0.2) is 16.6 Å². The fourth-order valence-corrected chi connectivity index (χ4v) is 4.93. The molecule has 0 aliphatic carbocycles. The van der Waals surface area contributed by atoms with Crippen LogP contribution in [-0.4, -0.2) is 37.8 Å². The van der Waals surface area contributed by atoms with E-state index in [-0.39, 0.29) is 25.0 Å². The van der Waals surface area contributed by atoms with Crippen LogP contribution in [0.5, 0.6) is 0 Å². The number of anilines is 1. The molecule has 1 fully saturated rings. The quantitative estimate of drug-likeness (QED) is 0.477. The smallest absolute Gasteiger partial charge is 0.310 e. The van der Waals surface area contributed by atoms with Gasteiger partial charge in [-0.2, -0.15) is 9.64 Å². The van der Waals surface area contributed by atoms with Crippen LogP contribution >= 0.6 is 21.8 Å². The lowest BCUT2D eigenvalue weighted by Gasteiger charge is -2.41. The molecule has 1 N–H and O–H groups in total. The molecular formula is C19H17F5N6OS2. The Kier molecular flexibility index (Phi) is 5.15. The fourth-order valence-electron chi connectivity index (χ4n) is 3.64. The molecule has 7 nitrogen and oxygen atoms in total. The Labute approximate surface area is 189 Å². The zero-order chi connectivity index (χ0) is 24.0. The number of benzene rings is 1. The molecule has 0 amide bonds. The van der Waals surface area contributed by atoms with Crippen molar-refractivity contribution in [1.29, 1.82) is 5.26 Å². The molecule has 14 heteroatoms. The molecule has 1 aromatic carbocycles. The first kappa shape index (κ1) is 23.3. The highest BCUT2D eigenvalue weighted by molar-refractivity contribution is 8.45. The molecule has 0 spiro atoms. The number of nitriles is 1. The van der Waals surface area contributed by atoms with E-state index in [1.54, 1.807) is 12.1 Å². The summed E-state index contributed by atoms with van der Waals surface area (Å²) in [5.74, 6) is 0.840. The van der Waals surface area contributed by atoms with Gasteiger partial charge in [-0.1, -0.05) is 31.6 Å². The molecule has 176 valence electrons. The number of halogens is 5. The van der Waals surface area contributed by atoms with Crippen molar-refractivity contribution in [3.05, 3.63) is 47.8 Å². The van der Waals surface area contributed by atoms with Gasteiger partial charge in [0.25, 0.3) is 0 Å². The molecule has 1 aliphatic heterocycles. The molecule has 0 bridgehead atoms. The van der Waals surface area contributed by atoms with E-state index in [4.69, 9.17) is 5.11 Å². The van der Waals surface area contributed by atoms with Crippen molar-refractivity contribution in [2.75, 3.05) is 18.0 Å². The van der Waals surface area contributed by atoms with Crippen LogP contribution in [-0.2, 0) is 12.0 Å². The van der Waals surface area contributed by atoms with Gasteiger partial charge in [0.05, 0.1) is 11.5 Å². The summed E-state index contributed by atoms with van der Waals surface area (Å²) >= 11 is 1.08. The summed E-state index contributed by atoms with van der Waals surface area (Å²) in [6.45, 7) is 0.468. The number of aromatic nitrogens is 4. The summed E-state index contributed by atoms with van der Waals surface area (Å²) in [5.41, 5.74) is -0.330. The molecular weight excluding hydrogens is 487 g/mol. The number of hydrogen-bond acceptors (Lipinski definition) is 8. The minimum Gasteiger partial charge on any atom is -0.388 e. The lowest BCUT2D eigenvalue weighted by Crippen LogP contribution is -2.42. The molecule has 3 heterocycles. The van der Waals surface area contributed by atoms with E-state index in [1.165, 1.54) is 0 Å². The maximum Gasteiger partial charge on any atom is 0.310 e. The van der Waals surface area contributed by atoms with E-state index in [0.29, 0.717) is 47.6 Å². The molecule has 0 saturated carbocycles. The topological polar surface area (TPSA) is 98.8 Å². The van der Waals surface area contributed by atoms with Gasteiger partial charge in [-0.05, 0) is 54.2 Å². The lowest BCUT2D eigenvalue weighted by atomic mass is 9.74. The van der Waals surface area contributed by atoms with Gasteiger partial charge in [-0.25, -0.2) is 4.98 Å². The van der Waals surface area contributed by atoms with E-state index in [2.05, 4.69) is 25.6 Å². The van der Waals surface area contributed by atoms with Crippen LogP contribution in [0.3, 0.4) is 0 Å². The fraction of sp³-hybridized carbons (Fsp3) is 0.316. The second kappa shape index (κ2) is 7.31. The minimum absolute atomic E-state index is 0.271. The highest BCUT2D eigenvalue weighted by Crippen LogP contribution is 3.02. The van der Waals surface area contributed by atoms with Crippen LogP contribution in [0.2, 0.25) is 0 Å². The molecule has 0 unspecified atom stereocenters. The third-order valence-electron chi connectivity index (χ3n) is 5.49.